The lowest BCUT2D eigenvalue weighted by Crippen LogP contribution is -2.44. The maximum Gasteiger partial charge on any atom is 0.315 e. The summed E-state index contributed by atoms with van der Waals surface area (Å²) in [5.74, 6) is 0.437. The highest BCUT2D eigenvalue weighted by molar-refractivity contribution is 5.82. The van der Waals surface area contributed by atoms with Crippen LogP contribution >= 0.6 is 0 Å². The van der Waals surface area contributed by atoms with E-state index in [4.69, 9.17) is 4.74 Å². The number of carbonyl (C=O) groups is 1. The lowest BCUT2D eigenvalue weighted by atomic mass is 9.72. The highest BCUT2D eigenvalue weighted by Crippen LogP contribution is 2.42. The molecule has 0 saturated carbocycles. The fraction of sp³-hybridized carbons (Fsp3) is 0.441. The van der Waals surface area contributed by atoms with Gasteiger partial charge in [0.2, 0.25) is 0 Å². The monoisotopic (exact) mass is 513 g/mol. The van der Waals surface area contributed by atoms with E-state index >= 15 is 0 Å². The van der Waals surface area contributed by atoms with E-state index in [-0.39, 0.29) is 11.9 Å². The number of nitrogens with zero attached hydrogens (tertiary/aromatic N) is 1. The minimum absolute atomic E-state index is 0.190. The summed E-state index contributed by atoms with van der Waals surface area (Å²) < 4.78 is 4.97. The van der Waals surface area contributed by atoms with Crippen LogP contribution in [0.3, 0.4) is 0 Å². The van der Waals surface area contributed by atoms with Crippen LogP contribution in [0.25, 0.3) is 0 Å². The molecule has 3 aromatic rings. The molecule has 1 aliphatic rings. The van der Waals surface area contributed by atoms with Crippen LogP contribution in [0.5, 0.6) is 0 Å². The second kappa shape index (κ2) is 12.3. The van der Waals surface area contributed by atoms with E-state index in [9.17, 15) is 9.90 Å². The summed E-state index contributed by atoms with van der Waals surface area (Å²) in [6.07, 6.45) is 4.22. The van der Waals surface area contributed by atoms with Crippen molar-refractivity contribution in [2.45, 2.75) is 63.4 Å². The van der Waals surface area contributed by atoms with Crippen LogP contribution in [0.2, 0.25) is 0 Å². The zero-order chi connectivity index (χ0) is 27.2. The van der Waals surface area contributed by atoms with Crippen molar-refractivity contribution in [2.24, 2.45) is 5.92 Å². The third-order valence-corrected chi connectivity index (χ3v) is 8.61. The summed E-state index contributed by atoms with van der Waals surface area (Å²) in [5, 5.41) is 12.1. The number of esters is 1. The number of rotatable bonds is 10. The van der Waals surface area contributed by atoms with Gasteiger partial charge in [-0.15, -0.1) is 0 Å². The van der Waals surface area contributed by atoms with Crippen LogP contribution in [0.15, 0.2) is 84.9 Å². The summed E-state index contributed by atoms with van der Waals surface area (Å²) in [7, 11) is 1.44. The predicted octanol–water partition coefficient (Wildman–Crippen LogP) is 6.67. The third-order valence-electron chi connectivity index (χ3n) is 8.61. The molecule has 4 nitrogen and oxygen atoms in total. The topological polar surface area (TPSA) is 49.8 Å². The maximum atomic E-state index is 12.1. The minimum Gasteiger partial charge on any atom is -0.468 e. The molecule has 0 bridgehead atoms. The maximum absolute atomic E-state index is 12.1. The summed E-state index contributed by atoms with van der Waals surface area (Å²) in [6.45, 7) is 9.20. The number of methoxy groups -OCH3 is 1. The van der Waals surface area contributed by atoms with Crippen molar-refractivity contribution in [3.63, 3.8) is 0 Å². The molecule has 4 heteroatoms. The fourth-order valence-electron chi connectivity index (χ4n) is 5.99. The smallest absolute Gasteiger partial charge is 0.315 e. The van der Waals surface area contributed by atoms with Crippen molar-refractivity contribution in [2.75, 3.05) is 26.7 Å². The van der Waals surface area contributed by atoms with Gasteiger partial charge in [-0.05, 0) is 93.3 Å². The molecule has 3 aromatic carbocycles. The molecule has 0 amide bonds. The van der Waals surface area contributed by atoms with Gasteiger partial charge < -0.3 is 14.7 Å². The molecule has 1 unspecified atom stereocenters. The molecule has 1 atom stereocenters. The predicted molar refractivity (Wildman–Crippen MR) is 154 cm³/mol. The van der Waals surface area contributed by atoms with Crippen molar-refractivity contribution in [3.8, 4) is 0 Å². The van der Waals surface area contributed by atoms with E-state index in [1.54, 1.807) is 0 Å². The largest absolute Gasteiger partial charge is 0.468 e. The van der Waals surface area contributed by atoms with Gasteiger partial charge in [-0.1, -0.05) is 91.9 Å². The first-order valence-corrected chi connectivity index (χ1v) is 14.0. The fourth-order valence-corrected chi connectivity index (χ4v) is 5.99. The van der Waals surface area contributed by atoms with Gasteiger partial charge in [0.05, 0.1) is 12.5 Å². The molecule has 1 fully saturated rings. The van der Waals surface area contributed by atoms with Crippen LogP contribution in [-0.4, -0.2) is 42.7 Å². The van der Waals surface area contributed by atoms with Gasteiger partial charge in [-0.25, -0.2) is 0 Å². The quantitative estimate of drug-likeness (QED) is 0.308. The standard InChI is InChI=1S/C34H43NO3/c1-26(27-17-19-28(20-18-27)33(2,3)32(36)38-4)12-11-23-35-24-21-31(22-25-35)34(37,29-13-7-5-8-14-29)30-15-9-6-10-16-30/h5-10,13-20,26,31,37H,11-12,21-25H2,1-4H3. The Morgan fingerprint density at radius 1 is 0.895 bits per heavy atom. The molecule has 4 rings (SSSR count). The molecule has 38 heavy (non-hydrogen) atoms. The average molecular weight is 514 g/mol. The number of aliphatic hydroxyl groups is 1. The van der Waals surface area contributed by atoms with Gasteiger partial charge in [0, 0.05) is 0 Å². The number of likely N-dealkylation sites (tertiary alicyclic amines) is 1. The van der Waals surface area contributed by atoms with Gasteiger partial charge in [0.1, 0.15) is 5.60 Å². The molecule has 1 heterocycles. The Labute approximate surface area is 228 Å². The molecule has 0 radical (unpaired) electrons. The molecule has 0 aromatic heterocycles. The number of carbonyl (C=O) groups excluding carboxylic acids is 1. The Morgan fingerprint density at radius 2 is 1.42 bits per heavy atom. The van der Waals surface area contributed by atoms with Crippen molar-refractivity contribution >= 4 is 5.97 Å². The molecule has 0 spiro atoms. The lowest BCUT2D eigenvalue weighted by Gasteiger charge is -2.42. The van der Waals surface area contributed by atoms with Crippen molar-refractivity contribution in [3.05, 3.63) is 107 Å². The molecular weight excluding hydrogens is 470 g/mol. The molecule has 1 aliphatic heterocycles. The second-order valence-corrected chi connectivity index (χ2v) is 11.4. The number of hydrogen-bond acceptors (Lipinski definition) is 4. The number of hydrogen-bond donors (Lipinski definition) is 1. The van der Waals surface area contributed by atoms with Gasteiger partial charge in [-0.2, -0.15) is 0 Å². The molecule has 1 N–H and O–H groups in total. The van der Waals surface area contributed by atoms with E-state index < -0.39 is 11.0 Å². The number of ether oxygens (including phenoxy) is 1. The minimum atomic E-state index is -0.961. The normalized spacial score (nSPS) is 16.2. The van der Waals surface area contributed by atoms with Crippen LogP contribution in [-0.2, 0) is 20.5 Å². The summed E-state index contributed by atoms with van der Waals surface area (Å²) in [6, 6.07) is 28.8. The lowest BCUT2D eigenvalue weighted by molar-refractivity contribution is -0.146. The van der Waals surface area contributed by atoms with E-state index in [2.05, 4.69) is 60.4 Å². The summed E-state index contributed by atoms with van der Waals surface area (Å²) in [5.41, 5.74) is 2.66. The SMILES string of the molecule is COC(=O)C(C)(C)c1ccc(C(C)CCCN2CCC(C(O)(c3ccccc3)c3ccccc3)CC2)cc1. The van der Waals surface area contributed by atoms with Crippen LogP contribution in [0.1, 0.15) is 74.6 Å². The Balaban J connectivity index is 1.31. The van der Waals surface area contributed by atoms with E-state index in [0.29, 0.717) is 5.92 Å². The van der Waals surface area contributed by atoms with Gasteiger partial charge in [0.25, 0.3) is 0 Å². The first kappa shape index (κ1) is 28.1. The van der Waals surface area contributed by atoms with Crippen LogP contribution < -0.4 is 0 Å². The molecule has 0 aliphatic carbocycles. The Hall–Kier alpha value is -2.95. The van der Waals surface area contributed by atoms with Crippen molar-refractivity contribution in [1.29, 1.82) is 0 Å². The van der Waals surface area contributed by atoms with Crippen molar-refractivity contribution < 1.29 is 14.6 Å². The first-order chi connectivity index (χ1) is 18.3. The van der Waals surface area contributed by atoms with Gasteiger partial charge in [-0.3, -0.25) is 4.79 Å². The molecule has 1 saturated heterocycles. The second-order valence-electron chi connectivity index (χ2n) is 11.4. The Bertz CT molecular complexity index is 1110. The number of piperidine rings is 1. The molecule has 202 valence electrons. The number of benzene rings is 3. The highest BCUT2D eigenvalue weighted by Gasteiger charge is 2.41. The van der Waals surface area contributed by atoms with Crippen molar-refractivity contribution in [1.82, 2.24) is 4.90 Å². The van der Waals surface area contributed by atoms with Gasteiger partial charge >= 0.3 is 5.97 Å². The third kappa shape index (κ3) is 6.03. The Kier molecular flexibility index (Phi) is 9.07. The Morgan fingerprint density at radius 3 is 1.92 bits per heavy atom. The molecular formula is C34H43NO3. The van der Waals surface area contributed by atoms with E-state index in [1.807, 2.05) is 50.2 Å². The summed E-state index contributed by atoms with van der Waals surface area (Å²) in [4.78, 5) is 14.7. The zero-order valence-corrected chi connectivity index (χ0v) is 23.4. The first-order valence-electron chi connectivity index (χ1n) is 14.0. The highest BCUT2D eigenvalue weighted by atomic mass is 16.5. The average Bonchev–Trinajstić information content (AvgIpc) is 2.97. The van der Waals surface area contributed by atoms with E-state index in [0.717, 1.165) is 62.0 Å². The van der Waals surface area contributed by atoms with E-state index in [1.165, 1.54) is 12.7 Å². The van der Waals surface area contributed by atoms with Crippen LogP contribution in [0, 0.1) is 5.92 Å². The zero-order valence-electron chi connectivity index (χ0n) is 23.4. The summed E-state index contributed by atoms with van der Waals surface area (Å²) >= 11 is 0. The van der Waals surface area contributed by atoms with Crippen LogP contribution in [0.4, 0.5) is 0 Å². The van der Waals surface area contributed by atoms with Gasteiger partial charge in [0.15, 0.2) is 0 Å².